The smallest absolute Gasteiger partial charge is 0.342 e. The van der Waals surface area contributed by atoms with Crippen LogP contribution in [-0.2, 0) is 4.74 Å². The molecule has 5 heteroatoms. The average molecular weight is 350 g/mol. The molecule has 0 unspecified atom stereocenters. The van der Waals surface area contributed by atoms with E-state index in [-0.39, 0.29) is 6.61 Å². The van der Waals surface area contributed by atoms with Gasteiger partial charge in [-0.2, -0.15) is 0 Å². The molecule has 2 aromatic carbocycles. The summed E-state index contributed by atoms with van der Waals surface area (Å²) < 4.78 is 5.43. The van der Waals surface area contributed by atoms with Crippen molar-refractivity contribution in [2.45, 2.75) is 13.3 Å². The summed E-state index contributed by atoms with van der Waals surface area (Å²) in [5, 5.41) is 13.1. The largest absolute Gasteiger partial charge is 0.462 e. The number of carbonyl (C=O) groups excluding carboxylic acids is 1. The first-order chi connectivity index (χ1) is 12.8. The molecule has 3 aromatic rings. The fourth-order valence-electron chi connectivity index (χ4n) is 2.88. The lowest BCUT2D eigenvalue weighted by Crippen LogP contribution is -2.16. The molecule has 0 saturated carbocycles. The maximum absolute atomic E-state index is 12.9. The third kappa shape index (κ3) is 3.68. The van der Waals surface area contributed by atoms with Crippen molar-refractivity contribution in [3.63, 3.8) is 0 Å². The zero-order chi connectivity index (χ0) is 18.4. The summed E-state index contributed by atoms with van der Waals surface area (Å²) in [6, 6.07) is 17.5. The molecule has 0 spiro atoms. The van der Waals surface area contributed by atoms with Gasteiger partial charge in [-0.25, -0.2) is 9.78 Å². The van der Waals surface area contributed by atoms with E-state index in [0.717, 1.165) is 28.5 Å². The van der Waals surface area contributed by atoms with E-state index in [1.165, 1.54) is 0 Å². The minimum absolute atomic E-state index is 0.0569. The molecule has 0 aliphatic heterocycles. The number of aliphatic hydroxyl groups is 1. The van der Waals surface area contributed by atoms with E-state index < -0.39 is 5.97 Å². The van der Waals surface area contributed by atoms with Crippen molar-refractivity contribution in [3.05, 3.63) is 60.2 Å². The SMILES string of the molecule is CCCOC(=O)c1c(NCCO)nc2ccccc2c1-c1ccccc1. The van der Waals surface area contributed by atoms with Crippen LogP contribution in [-0.4, -0.2) is 35.8 Å². The van der Waals surface area contributed by atoms with E-state index in [1.807, 2.05) is 61.5 Å². The van der Waals surface area contributed by atoms with Gasteiger partial charge in [-0.3, -0.25) is 0 Å². The van der Waals surface area contributed by atoms with E-state index in [0.29, 0.717) is 24.5 Å². The van der Waals surface area contributed by atoms with Gasteiger partial charge >= 0.3 is 5.97 Å². The van der Waals surface area contributed by atoms with Crippen LogP contribution in [0.5, 0.6) is 0 Å². The molecule has 26 heavy (non-hydrogen) atoms. The molecule has 0 saturated heterocycles. The van der Waals surface area contributed by atoms with E-state index in [1.54, 1.807) is 0 Å². The molecule has 0 bridgehead atoms. The predicted octanol–water partition coefficient (Wildman–Crippen LogP) is 3.87. The van der Waals surface area contributed by atoms with Gasteiger partial charge in [0.1, 0.15) is 11.4 Å². The van der Waals surface area contributed by atoms with Gasteiger partial charge in [-0.1, -0.05) is 55.5 Å². The Morgan fingerprint density at radius 1 is 1.12 bits per heavy atom. The normalized spacial score (nSPS) is 10.7. The van der Waals surface area contributed by atoms with Gasteiger partial charge in [0.05, 0.1) is 18.7 Å². The van der Waals surface area contributed by atoms with Crippen LogP contribution in [0.3, 0.4) is 0 Å². The first-order valence-corrected chi connectivity index (χ1v) is 8.76. The Morgan fingerprint density at radius 3 is 2.58 bits per heavy atom. The lowest BCUT2D eigenvalue weighted by Gasteiger charge is -2.17. The van der Waals surface area contributed by atoms with Gasteiger partial charge in [0.25, 0.3) is 0 Å². The number of esters is 1. The lowest BCUT2D eigenvalue weighted by atomic mass is 9.95. The number of pyridine rings is 1. The monoisotopic (exact) mass is 350 g/mol. The Hall–Kier alpha value is -2.92. The Labute approximate surface area is 152 Å². The number of aliphatic hydroxyl groups excluding tert-OH is 1. The van der Waals surface area contributed by atoms with Crippen LogP contribution in [0.25, 0.3) is 22.0 Å². The van der Waals surface area contributed by atoms with Crippen LogP contribution >= 0.6 is 0 Å². The molecule has 0 amide bonds. The molecule has 0 atom stereocenters. The summed E-state index contributed by atoms with van der Waals surface area (Å²) in [6.07, 6.45) is 0.743. The second-order valence-electron chi connectivity index (χ2n) is 5.88. The van der Waals surface area contributed by atoms with E-state index in [2.05, 4.69) is 10.3 Å². The number of hydrogen-bond donors (Lipinski definition) is 2. The Bertz CT molecular complexity index is 894. The molecule has 5 nitrogen and oxygen atoms in total. The number of anilines is 1. The number of aromatic nitrogens is 1. The highest BCUT2D eigenvalue weighted by Crippen LogP contribution is 2.35. The molecular formula is C21H22N2O3. The highest BCUT2D eigenvalue weighted by Gasteiger charge is 2.23. The fourth-order valence-corrected chi connectivity index (χ4v) is 2.88. The Morgan fingerprint density at radius 2 is 1.85 bits per heavy atom. The van der Waals surface area contributed by atoms with Gasteiger partial charge < -0.3 is 15.2 Å². The van der Waals surface area contributed by atoms with Crippen molar-refractivity contribution in [3.8, 4) is 11.1 Å². The molecule has 0 radical (unpaired) electrons. The number of fused-ring (bicyclic) bond motifs is 1. The van der Waals surface area contributed by atoms with Gasteiger partial charge in [-0.05, 0) is 18.1 Å². The van der Waals surface area contributed by atoms with Crippen molar-refractivity contribution in [2.75, 3.05) is 25.1 Å². The van der Waals surface area contributed by atoms with Crippen LogP contribution in [0.1, 0.15) is 23.7 Å². The van der Waals surface area contributed by atoms with E-state index >= 15 is 0 Å². The van der Waals surface area contributed by atoms with Crippen LogP contribution in [0.4, 0.5) is 5.82 Å². The zero-order valence-corrected chi connectivity index (χ0v) is 14.7. The molecule has 2 N–H and O–H groups in total. The Balaban J connectivity index is 2.28. The second kappa shape index (κ2) is 8.45. The summed E-state index contributed by atoms with van der Waals surface area (Å²) in [6.45, 7) is 2.54. The number of nitrogens with zero attached hydrogens (tertiary/aromatic N) is 1. The average Bonchev–Trinajstić information content (AvgIpc) is 2.69. The zero-order valence-electron chi connectivity index (χ0n) is 14.7. The summed E-state index contributed by atoms with van der Waals surface area (Å²) in [5.74, 6) is 0.0158. The summed E-state index contributed by atoms with van der Waals surface area (Å²) in [5.41, 5.74) is 2.88. The molecule has 0 aliphatic carbocycles. The molecule has 0 aliphatic rings. The predicted molar refractivity (Wildman–Crippen MR) is 103 cm³/mol. The van der Waals surface area contributed by atoms with Crippen LogP contribution in [0, 0.1) is 0 Å². The van der Waals surface area contributed by atoms with Gasteiger partial charge in [0.2, 0.25) is 0 Å². The standard InChI is InChI=1S/C21H22N2O3/c1-2-14-26-21(25)19-18(15-8-4-3-5-9-15)16-10-6-7-11-17(16)23-20(19)22-12-13-24/h3-11,24H,2,12-14H2,1H3,(H,22,23). The quantitative estimate of drug-likeness (QED) is 0.633. The van der Waals surface area contributed by atoms with E-state index in [9.17, 15) is 9.90 Å². The number of ether oxygens (including phenoxy) is 1. The maximum atomic E-state index is 12.9. The van der Waals surface area contributed by atoms with Crippen LogP contribution in [0.2, 0.25) is 0 Å². The van der Waals surface area contributed by atoms with E-state index in [4.69, 9.17) is 4.74 Å². The molecule has 3 rings (SSSR count). The number of hydrogen-bond acceptors (Lipinski definition) is 5. The lowest BCUT2D eigenvalue weighted by molar-refractivity contribution is 0.0507. The molecule has 1 aromatic heterocycles. The van der Waals surface area contributed by atoms with Gasteiger partial charge in [0.15, 0.2) is 0 Å². The summed E-state index contributed by atoms with van der Waals surface area (Å²) >= 11 is 0. The second-order valence-corrected chi connectivity index (χ2v) is 5.88. The maximum Gasteiger partial charge on any atom is 0.342 e. The minimum atomic E-state index is -0.413. The number of rotatable bonds is 7. The highest BCUT2D eigenvalue weighted by atomic mass is 16.5. The number of para-hydroxylation sites is 1. The third-order valence-corrected chi connectivity index (χ3v) is 4.00. The van der Waals surface area contributed by atoms with Crippen molar-refractivity contribution < 1.29 is 14.6 Å². The first-order valence-electron chi connectivity index (χ1n) is 8.76. The van der Waals surface area contributed by atoms with Crippen molar-refractivity contribution in [2.24, 2.45) is 0 Å². The van der Waals surface area contributed by atoms with Crippen LogP contribution in [0.15, 0.2) is 54.6 Å². The molecule has 1 heterocycles. The van der Waals surface area contributed by atoms with Crippen molar-refractivity contribution in [1.82, 2.24) is 4.98 Å². The van der Waals surface area contributed by atoms with Gasteiger partial charge in [0, 0.05) is 17.5 Å². The Kier molecular flexibility index (Phi) is 5.81. The number of carbonyl (C=O) groups is 1. The summed E-state index contributed by atoms with van der Waals surface area (Å²) in [4.78, 5) is 17.5. The van der Waals surface area contributed by atoms with Crippen LogP contribution < -0.4 is 5.32 Å². The number of benzene rings is 2. The highest BCUT2D eigenvalue weighted by molar-refractivity contribution is 6.10. The first kappa shape index (κ1) is 17.9. The minimum Gasteiger partial charge on any atom is -0.462 e. The molecule has 134 valence electrons. The van der Waals surface area contributed by atoms with Crippen molar-refractivity contribution in [1.29, 1.82) is 0 Å². The summed E-state index contributed by atoms with van der Waals surface area (Å²) in [7, 11) is 0. The van der Waals surface area contributed by atoms with Crippen molar-refractivity contribution >= 4 is 22.7 Å². The fraction of sp³-hybridized carbons (Fsp3) is 0.238. The van der Waals surface area contributed by atoms with Gasteiger partial charge in [-0.15, -0.1) is 0 Å². The topological polar surface area (TPSA) is 71.5 Å². The number of nitrogens with one attached hydrogen (secondary N) is 1. The molecule has 0 fully saturated rings. The molecular weight excluding hydrogens is 328 g/mol. The third-order valence-electron chi connectivity index (χ3n) is 4.00.